The van der Waals surface area contributed by atoms with Crippen LogP contribution in [0, 0.1) is 5.92 Å². The summed E-state index contributed by atoms with van der Waals surface area (Å²) in [6.45, 7) is 10.5. The molecule has 0 bridgehead atoms. The largest absolute Gasteiger partial charge is 0.452 e. The first-order valence-corrected chi connectivity index (χ1v) is 11.1. The molecule has 7 heteroatoms. The van der Waals surface area contributed by atoms with Crippen LogP contribution in [0.3, 0.4) is 0 Å². The SMILES string of the molecule is CC[C@@H](CNC(=O)[C@H](C)OC(=O)C1CCN(C(=O)OC(C)(C)C)CC1)c1ccccc1. The lowest BCUT2D eigenvalue weighted by molar-refractivity contribution is -0.160. The summed E-state index contributed by atoms with van der Waals surface area (Å²) in [5, 5.41) is 2.90. The van der Waals surface area contributed by atoms with Gasteiger partial charge in [0.05, 0.1) is 5.92 Å². The van der Waals surface area contributed by atoms with E-state index < -0.39 is 11.7 Å². The Kier molecular flexibility index (Phi) is 8.89. The molecule has 1 aromatic rings. The number of amides is 2. The average molecular weight is 433 g/mol. The molecule has 1 fully saturated rings. The van der Waals surface area contributed by atoms with Gasteiger partial charge in [-0.25, -0.2) is 4.79 Å². The highest BCUT2D eigenvalue weighted by Gasteiger charge is 2.32. The number of nitrogens with zero attached hydrogens (tertiary/aromatic N) is 1. The Morgan fingerprint density at radius 2 is 1.74 bits per heavy atom. The van der Waals surface area contributed by atoms with Crippen LogP contribution in [0.1, 0.15) is 65.4 Å². The molecule has 1 heterocycles. The number of hydrogen-bond acceptors (Lipinski definition) is 5. The van der Waals surface area contributed by atoms with Crippen molar-refractivity contribution in [2.24, 2.45) is 5.92 Å². The Morgan fingerprint density at radius 3 is 2.29 bits per heavy atom. The summed E-state index contributed by atoms with van der Waals surface area (Å²) in [6.07, 6.45) is 0.673. The first-order valence-electron chi connectivity index (χ1n) is 11.1. The Hall–Kier alpha value is -2.57. The predicted molar refractivity (Wildman–Crippen MR) is 119 cm³/mol. The highest BCUT2D eigenvalue weighted by Crippen LogP contribution is 2.22. The van der Waals surface area contributed by atoms with E-state index in [2.05, 4.69) is 12.2 Å². The van der Waals surface area contributed by atoms with Crippen molar-refractivity contribution in [3.05, 3.63) is 35.9 Å². The highest BCUT2D eigenvalue weighted by molar-refractivity contribution is 5.84. The molecule has 2 rings (SSSR count). The molecule has 1 aliphatic rings. The van der Waals surface area contributed by atoms with E-state index in [1.165, 1.54) is 5.56 Å². The van der Waals surface area contributed by atoms with Crippen LogP contribution in [0.5, 0.6) is 0 Å². The summed E-state index contributed by atoms with van der Waals surface area (Å²) in [6, 6.07) is 10.0. The van der Waals surface area contributed by atoms with Crippen molar-refractivity contribution in [3.63, 3.8) is 0 Å². The summed E-state index contributed by atoms with van der Waals surface area (Å²) < 4.78 is 10.8. The zero-order valence-corrected chi connectivity index (χ0v) is 19.3. The monoisotopic (exact) mass is 432 g/mol. The summed E-state index contributed by atoms with van der Waals surface area (Å²) >= 11 is 0. The van der Waals surface area contributed by atoms with E-state index in [-0.39, 0.29) is 29.8 Å². The third kappa shape index (κ3) is 7.89. The molecule has 7 nitrogen and oxygen atoms in total. The van der Waals surface area contributed by atoms with Gasteiger partial charge in [0.1, 0.15) is 5.60 Å². The van der Waals surface area contributed by atoms with Crippen molar-refractivity contribution >= 4 is 18.0 Å². The summed E-state index contributed by atoms with van der Waals surface area (Å²) in [7, 11) is 0. The molecule has 1 saturated heterocycles. The van der Waals surface area contributed by atoms with Crippen LogP contribution in [0.2, 0.25) is 0 Å². The standard InChI is InChI=1S/C24H36N2O5/c1-6-18(19-10-8-7-9-11-19)16-25-21(27)17(2)30-22(28)20-12-14-26(15-13-20)23(29)31-24(3,4)5/h7-11,17-18,20H,6,12-16H2,1-5H3,(H,25,27)/t17-,18-/m0/s1. The van der Waals surface area contributed by atoms with Crippen molar-refractivity contribution < 1.29 is 23.9 Å². The van der Waals surface area contributed by atoms with Gasteiger partial charge in [0, 0.05) is 25.6 Å². The maximum absolute atomic E-state index is 12.5. The van der Waals surface area contributed by atoms with Crippen LogP contribution in [-0.2, 0) is 19.1 Å². The summed E-state index contributed by atoms with van der Waals surface area (Å²) in [5.74, 6) is -0.789. The second kappa shape index (κ2) is 11.2. The molecule has 1 aliphatic heterocycles. The molecule has 1 N–H and O–H groups in total. The van der Waals surface area contributed by atoms with Gasteiger partial charge in [-0.05, 0) is 52.5 Å². The second-order valence-electron chi connectivity index (χ2n) is 9.08. The lowest BCUT2D eigenvalue weighted by Gasteiger charge is -2.32. The van der Waals surface area contributed by atoms with E-state index in [1.54, 1.807) is 11.8 Å². The van der Waals surface area contributed by atoms with Crippen molar-refractivity contribution in [1.29, 1.82) is 0 Å². The molecule has 0 spiro atoms. The van der Waals surface area contributed by atoms with Crippen LogP contribution in [0.25, 0.3) is 0 Å². The number of benzene rings is 1. The molecular formula is C24H36N2O5. The molecule has 2 atom stereocenters. The lowest BCUT2D eigenvalue weighted by Crippen LogP contribution is -2.44. The Labute approximate surface area is 185 Å². The number of hydrogen-bond donors (Lipinski definition) is 1. The van der Waals surface area contributed by atoms with Crippen molar-refractivity contribution in [2.75, 3.05) is 19.6 Å². The minimum absolute atomic E-state index is 0.213. The Morgan fingerprint density at radius 1 is 1.13 bits per heavy atom. The van der Waals surface area contributed by atoms with Crippen molar-refractivity contribution in [3.8, 4) is 0 Å². The van der Waals surface area contributed by atoms with Gasteiger partial charge < -0.3 is 19.7 Å². The number of carbonyl (C=O) groups excluding carboxylic acids is 3. The molecule has 0 aromatic heterocycles. The topological polar surface area (TPSA) is 84.9 Å². The molecule has 0 aliphatic carbocycles. The maximum atomic E-state index is 12.5. The van der Waals surface area contributed by atoms with Crippen LogP contribution in [-0.4, -0.2) is 54.2 Å². The fourth-order valence-electron chi connectivity index (χ4n) is 3.54. The quantitative estimate of drug-likeness (QED) is 0.661. The molecule has 172 valence electrons. The van der Waals surface area contributed by atoms with Crippen LogP contribution < -0.4 is 5.32 Å². The predicted octanol–water partition coefficient (Wildman–Crippen LogP) is 3.88. The smallest absolute Gasteiger partial charge is 0.410 e. The van der Waals surface area contributed by atoms with Gasteiger partial charge in [0.2, 0.25) is 0 Å². The molecule has 2 amide bonds. The summed E-state index contributed by atoms with van der Waals surface area (Å²) in [5.41, 5.74) is 0.624. The Bertz CT molecular complexity index is 736. The van der Waals surface area contributed by atoms with Crippen LogP contribution in [0.15, 0.2) is 30.3 Å². The first kappa shape index (κ1) is 24.7. The van der Waals surface area contributed by atoms with Gasteiger partial charge in [-0.2, -0.15) is 0 Å². The minimum atomic E-state index is -0.857. The van der Waals surface area contributed by atoms with Crippen LogP contribution in [0.4, 0.5) is 4.79 Å². The number of carbonyl (C=O) groups is 3. The minimum Gasteiger partial charge on any atom is -0.452 e. The van der Waals surface area contributed by atoms with E-state index in [1.807, 2.05) is 51.1 Å². The third-order valence-electron chi connectivity index (χ3n) is 5.43. The zero-order valence-electron chi connectivity index (χ0n) is 19.3. The lowest BCUT2D eigenvalue weighted by atomic mass is 9.96. The number of rotatable bonds is 7. The fraction of sp³-hybridized carbons (Fsp3) is 0.625. The number of esters is 1. The third-order valence-corrected chi connectivity index (χ3v) is 5.43. The maximum Gasteiger partial charge on any atom is 0.410 e. The molecule has 0 saturated carbocycles. The molecule has 1 aromatic carbocycles. The number of likely N-dealkylation sites (tertiary alicyclic amines) is 1. The first-order chi connectivity index (χ1) is 14.6. The number of piperidine rings is 1. The number of nitrogens with one attached hydrogen (secondary N) is 1. The molecule has 31 heavy (non-hydrogen) atoms. The van der Waals surface area contributed by atoms with E-state index in [4.69, 9.17) is 9.47 Å². The molecular weight excluding hydrogens is 396 g/mol. The van der Waals surface area contributed by atoms with Crippen LogP contribution >= 0.6 is 0 Å². The zero-order chi connectivity index (χ0) is 23.0. The number of ether oxygens (including phenoxy) is 2. The highest BCUT2D eigenvalue weighted by atomic mass is 16.6. The van der Waals surface area contributed by atoms with Gasteiger partial charge in [-0.1, -0.05) is 37.3 Å². The van der Waals surface area contributed by atoms with Gasteiger partial charge in [0.15, 0.2) is 6.10 Å². The molecule has 0 unspecified atom stereocenters. The second-order valence-corrected chi connectivity index (χ2v) is 9.08. The van der Waals surface area contributed by atoms with Crippen molar-refractivity contribution in [2.45, 2.75) is 71.5 Å². The van der Waals surface area contributed by atoms with Gasteiger partial charge in [-0.3, -0.25) is 9.59 Å². The van der Waals surface area contributed by atoms with Gasteiger partial charge >= 0.3 is 12.1 Å². The van der Waals surface area contributed by atoms with Crippen molar-refractivity contribution in [1.82, 2.24) is 10.2 Å². The van der Waals surface area contributed by atoms with E-state index in [0.717, 1.165) is 6.42 Å². The molecule has 0 radical (unpaired) electrons. The average Bonchev–Trinajstić information content (AvgIpc) is 2.73. The van der Waals surface area contributed by atoms with E-state index in [9.17, 15) is 14.4 Å². The Balaban J connectivity index is 1.76. The fourth-order valence-corrected chi connectivity index (χ4v) is 3.54. The van der Waals surface area contributed by atoms with Gasteiger partial charge in [0.25, 0.3) is 5.91 Å². The van der Waals surface area contributed by atoms with E-state index >= 15 is 0 Å². The van der Waals surface area contributed by atoms with E-state index in [0.29, 0.717) is 32.5 Å². The van der Waals surface area contributed by atoms with Gasteiger partial charge in [-0.15, -0.1) is 0 Å². The summed E-state index contributed by atoms with van der Waals surface area (Å²) in [4.78, 5) is 38.7. The normalized spacial score (nSPS) is 16.9.